The lowest BCUT2D eigenvalue weighted by molar-refractivity contribution is 0.00578. The molecular formula is C41H34BNO2. The first-order valence-corrected chi connectivity index (χ1v) is 15.6. The maximum atomic E-state index is 6.27. The van der Waals surface area contributed by atoms with E-state index in [1.165, 1.54) is 60.1 Å². The number of hydrogen-bond donors (Lipinski definition) is 0. The number of hydrogen-bond acceptors (Lipinski definition) is 3. The van der Waals surface area contributed by atoms with E-state index in [1.807, 2.05) is 12.3 Å². The summed E-state index contributed by atoms with van der Waals surface area (Å²) in [6, 6.07) is 45.9. The summed E-state index contributed by atoms with van der Waals surface area (Å²) in [6.07, 6.45) is 1.96. The van der Waals surface area contributed by atoms with Crippen molar-refractivity contribution in [1.29, 1.82) is 0 Å². The molecule has 0 spiro atoms. The van der Waals surface area contributed by atoms with Gasteiger partial charge in [0.25, 0.3) is 0 Å². The molecule has 218 valence electrons. The van der Waals surface area contributed by atoms with Crippen LogP contribution in [-0.2, 0) is 9.31 Å². The Bertz CT molecular complexity index is 2150. The fourth-order valence-electron chi connectivity index (χ4n) is 6.61. The van der Waals surface area contributed by atoms with Gasteiger partial charge in [-0.15, -0.1) is 0 Å². The fraction of sp³-hybridized carbons (Fsp3) is 0.146. The van der Waals surface area contributed by atoms with E-state index in [9.17, 15) is 0 Å². The van der Waals surface area contributed by atoms with E-state index in [2.05, 4.69) is 149 Å². The van der Waals surface area contributed by atoms with Crippen LogP contribution in [0, 0.1) is 0 Å². The summed E-state index contributed by atoms with van der Waals surface area (Å²) in [5.74, 6) is 0. The highest BCUT2D eigenvalue weighted by Gasteiger charge is 2.52. The molecule has 45 heavy (non-hydrogen) atoms. The molecule has 7 aromatic rings. The van der Waals surface area contributed by atoms with E-state index in [0.29, 0.717) is 0 Å². The molecule has 8 rings (SSSR count). The van der Waals surface area contributed by atoms with Crippen LogP contribution in [0.1, 0.15) is 27.7 Å². The van der Waals surface area contributed by atoms with Gasteiger partial charge in [-0.3, -0.25) is 4.98 Å². The molecule has 0 bridgehead atoms. The molecule has 6 aromatic carbocycles. The molecule has 0 radical (unpaired) electrons. The molecule has 0 saturated carbocycles. The Labute approximate surface area is 264 Å². The normalized spacial score (nSPS) is 15.7. The van der Waals surface area contributed by atoms with E-state index in [1.54, 1.807) is 0 Å². The lowest BCUT2D eigenvalue weighted by Gasteiger charge is -2.32. The summed E-state index contributed by atoms with van der Waals surface area (Å²) in [6.45, 7) is 8.27. The Morgan fingerprint density at radius 1 is 0.467 bits per heavy atom. The highest BCUT2D eigenvalue weighted by atomic mass is 16.7. The second kappa shape index (κ2) is 10.4. The van der Waals surface area contributed by atoms with Gasteiger partial charge in [-0.25, -0.2) is 0 Å². The lowest BCUT2D eigenvalue weighted by Crippen LogP contribution is -2.41. The smallest absolute Gasteiger partial charge is 0.398 e. The van der Waals surface area contributed by atoms with E-state index in [-0.39, 0.29) is 0 Å². The molecule has 0 amide bonds. The van der Waals surface area contributed by atoms with Crippen LogP contribution in [0.25, 0.3) is 65.7 Å². The van der Waals surface area contributed by atoms with Gasteiger partial charge in [-0.05, 0) is 100.0 Å². The highest BCUT2D eigenvalue weighted by Crippen LogP contribution is 2.44. The molecule has 4 heteroatoms. The molecule has 0 atom stereocenters. The van der Waals surface area contributed by atoms with Crippen LogP contribution in [0.3, 0.4) is 0 Å². The summed E-state index contributed by atoms with van der Waals surface area (Å²) in [5, 5.41) is 7.36. The number of fused-ring (bicyclic) bond motifs is 3. The van der Waals surface area contributed by atoms with Crippen molar-refractivity contribution >= 4 is 45.0 Å². The van der Waals surface area contributed by atoms with Crippen LogP contribution in [0.4, 0.5) is 0 Å². The summed E-state index contributed by atoms with van der Waals surface area (Å²) in [4.78, 5) is 4.87. The van der Waals surface area contributed by atoms with Crippen molar-refractivity contribution in [3.05, 3.63) is 134 Å². The molecule has 1 aliphatic rings. The van der Waals surface area contributed by atoms with Crippen LogP contribution in [0.15, 0.2) is 134 Å². The lowest BCUT2D eigenvalue weighted by atomic mass is 9.83. The van der Waals surface area contributed by atoms with Gasteiger partial charge in [0, 0.05) is 11.8 Å². The summed E-state index contributed by atoms with van der Waals surface area (Å²) >= 11 is 0. The summed E-state index contributed by atoms with van der Waals surface area (Å²) < 4.78 is 12.5. The molecule has 1 saturated heterocycles. The van der Waals surface area contributed by atoms with Gasteiger partial charge in [-0.1, -0.05) is 115 Å². The minimum atomic E-state index is -0.488. The van der Waals surface area contributed by atoms with E-state index < -0.39 is 18.3 Å². The predicted octanol–water partition coefficient (Wildman–Crippen LogP) is 9.84. The van der Waals surface area contributed by atoms with E-state index >= 15 is 0 Å². The Hall–Kier alpha value is -4.77. The predicted molar refractivity (Wildman–Crippen MR) is 189 cm³/mol. The van der Waals surface area contributed by atoms with Gasteiger partial charge in [0.15, 0.2) is 0 Å². The van der Waals surface area contributed by atoms with Crippen molar-refractivity contribution in [3.63, 3.8) is 0 Å². The first-order chi connectivity index (χ1) is 21.8. The quantitative estimate of drug-likeness (QED) is 0.153. The highest BCUT2D eigenvalue weighted by molar-refractivity contribution is 6.61. The molecule has 3 nitrogen and oxygen atoms in total. The van der Waals surface area contributed by atoms with Crippen molar-refractivity contribution in [2.24, 2.45) is 0 Å². The molecule has 0 unspecified atom stereocenters. The van der Waals surface area contributed by atoms with Gasteiger partial charge >= 0.3 is 7.12 Å². The minimum Gasteiger partial charge on any atom is -0.398 e. The van der Waals surface area contributed by atoms with Gasteiger partial charge in [0.05, 0.1) is 16.8 Å². The zero-order chi connectivity index (χ0) is 30.8. The van der Waals surface area contributed by atoms with Crippen LogP contribution in [-0.4, -0.2) is 23.3 Å². The number of aromatic nitrogens is 1. The van der Waals surface area contributed by atoms with Crippen molar-refractivity contribution in [2.45, 2.75) is 38.9 Å². The van der Waals surface area contributed by atoms with Crippen LogP contribution >= 0.6 is 0 Å². The Morgan fingerprint density at radius 3 is 1.49 bits per heavy atom. The summed E-state index contributed by atoms with van der Waals surface area (Å²) in [5.41, 5.74) is 7.11. The third kappa shape index (κ3) is 4.64. The second-order valence-corrected chi connectivity index (χ2v) is 13.0. The minimum absolute atomic E-state index is 0.409. The first-order valence-electron chi connectivity index (χ1n) is 15.6. The average molecular weight is 584 g/mol. The molecule has 2 heterocycles. The van der Waals surface area contributed by atoms with Crippen LogP contribution in [0.2, 0.25) is 0 Å². The van der Waals surface area contributed by atoms with Crippen molar-refractivity contribution in [2.75, 3.05) is 0 Å². The van der Waals surface area contributed by atoms with Crippen molar-refractivity contribution in [3.8, 4) is 33.4 Å². The average Bonchev–Trinajstić information content (AvgIpc) is 3.29. The van der Waals surface area contributed by atoms with Gasteiger partial charge < -0.3 is 9.31 Å². The van der Waals surface area contributed by atoms with E-state index in [4.69, 9.17) is 14.3 Å². The van der Waals surface area contributed by atoms with Crippen molar-refractivity contribution in [1.82, 2.24) is 4.98 Å². The monoisotopic (exact) mass is 583 g/mol. The fourth-order valence-corrected chi connectivity index (χ4v) is 6.61. The van der Waals surface area contributed by atoms with Crippen molar-refractivity contribution < 1.29 is 9.31 Å². The molecule has 1 aromatic heterocycles. The van der Waals surface area contributed by atoms with Gasteiger partial charge in [-0.2, -0.15) is 0 Å². The zero-order valence-corrected chi connectivity index (χ0v) is 26.0. The molecule has 0 aliphatic carbocycles. The van der Waals surface area contributed by atoms with E-state index in [0.717, 1.165) is 11.2 Å². The van der Waals surface area contributed by atoms with Gasteiger partial charge in [0.1, 0.15) is 0 Å². The molecule has 0 N–H and O–H groups in total. The second-order valence-electron chi connectivity index (χ2n) is 13.0. The third-order valence-electron chi connectivity index (χ3n) is 9.76. The topological polar surface area (TPSA) is 31.4 Å². The standard InChI is InChI=1S/C41H34BNO2/c1-40(2)41(3,4)45-42(44-40)37-24-23-32(26-43-37)39-35-15-9-7-13-33(35)38(34-14-8-10-16-36(34)39)29-20-17-28(18-21-29)31-22-19-27-11-5-6-12-30(27)25-31/h5-26H,1-4H3. The first kappa shape index (κ1) is 27.8. The number of pyridine rings is 1. The zero-order valence-electron chi connectivity index (χ0n) is 26.0. The third-order valence-corrected chi connectivity index (χ3v) is 9.76. The van der Waals surface area contributed by atoms with Crippen LogP contribution < -0.4 is 5.59 Å². The number of rotatable bonds is 4. The number of benzene rings is 6. The Kier molecular flexibility index (Phi) is 6.42. The maximum absolute atomic E-state index is 6.27. The Morgan fingerprint density at radius 2 is 0.933 bits per heavy atom. The van der Waals surface area contributed by atoms with Crippen LogP contribution in [0.5, 0.6) is 0 Å². The summed E-state index contributed by atoms with van der Waals surface area (Å²) in [7, 11) is -0.488. The van der Waals surface area contributed by atoms with Gasteiger partial charge in [0.2, 0.25) is 0 Å². The molecule has 1 aliphatic heterocycles. The SMILES string of the molecule is CC1(C)OB(c2ccc(-c3c4ccccc4c(-c4ccc(-c5ccc6ccccc6c5)cc4)c4ccccc34)cn2)OC1(C)C. The Balaban J connectivity index is 1.23. The molecule has 1 fully saturated rings. The number of nitrogens with zero attached hydrogens (tertiary/aromatic N) is 1. The largest absolute Gasteiger partial charge is 0.514 e. The molecular weight excluding hydrogens is 549 g/mol. The maximum Gasteiger partial charge on any atom is 0.514 e.